The van der Waals surface area contributed by atoms with Crippen LogP contribution in [0, 0.1) is 0 Å². The Bertz CT molecular complexity index is 413. The third kappa shape index (κ3) is 2.66. The molecule has 0 fully saturated rings. The predicted molar refractivity (Wildman–Crippen MR) is 63.2 cm³/mol. The molecule has 2 heterocycles. The summed E-state index contributed by atoms with van der Waals surface area (Å²) in [4.78, 5) is 9.57. The molecule has 0 saturated carbocycles. The zero-order valence-electron chi connectivity index (χ0n) is 8.40. The summed E-state index contributed by atoms with van der Waals surface area (Å²) in [5, 5.41) is 6.24. The van der Waals surface area contributed by atoms with Crippen LogP contribution in [0.15, 0.2) is 29.9 Å². The molecule has 0 radical (unpaired) electrons. The van der Waals surface area contributed by atoms with Crippen LogP contribution in [0.25, 0.3) is 0 Å². The maximum absolute atomic E-state index is 4.35. The minimum atomic E-state index is 0.769. The SMILES string of the molecule is CNc1cccc(NCc2cncs2)n1. The number of aromatic nitrogens is 2. The van der Waals surface area contributed by atoms with Crippen molar-refractivity contribution < 1.29 is 0 Å². The topological polar surface area (TPSA) is 49.8 Å². The molecular weight excluding hydrogens is 208 g/mol. The van der Waals surface area contributed by atoms with Crippen LogP contribution < -0.4 is 10.6 Å². The van der Waals surface area contributed by atoms with Crippen molar-refractivity contribution in [2.75, 3.05) is 17.7 Å². The zero-order chi connectivity index (χ0) is 10.5. The van der Waals surface area contributed by atoms with Crippen molar-refractivity contribution in [2.45, 2.75) is 6.54 Å². The van der Waals surface area contributed by atoms with Crippen LogP contribution in [0.4, 0.5) is 11.6 Å². The third-order valence-electron chi connectivity index (χ3n) is 1.93. The molecule has 0 aromatic carbocycles. The second-order valence-electron chi connectivity index (χ2n) is 2.98. The molecule has 0 amide bonds. The van der Waals surface area contributed by atoms with Crippen LogP contribution in [-0.4, -0.2) is 17.0 Å². The van der Waals surface area contributed by atoms with Gasteiger partial charge in [-0.2, -0.15) is 0 Å². The standard InChI is InChI=1S/C10H12N4S/c1-11-9-3-2-4-10(14-9)13-6-8-5-12-7-15-8/h2-5,7H,6H2,1H3,(H2,11,13,14). The molecule has 4 nitrogen and oxygen atoms in total. The van der Waals surface area contributed by atoms with Crippen molar-refractivity contribution in [1.29, 1.82) is 0 Å². The number of thiazole rings is 1. The molecule has 5 heteroatoms. The van der Waals surface area contributed by atoms with Gasteiger partial charge in [0.1, 0.15) is 11.6 Å². The van der Waals surface area contributed by atoms with Crippen LogP contribution in [0.5, 0.6) is 0 Å². The van der Waals surface area contributed by atoms with Crippen molar-refractivity contribution in [3.8, 4) is 0 Å². The summed E-state index contributed by atoms with van der Waals surface area (Å²) in [5.41, 5.74) is 1.83. The van der Waals surface area contributed by atoms with Gasteiger partial charge in [-0.05, 0) is 12.1 Å². The van der Waals surface area contributed by atoms with Crippen molar-refractivity contribution in [3.63, 3.8) is 0 Å². The van der Waals surface area contributed by atoms with Gasteiger partial charge in [-0.1, -0.05) is 6.07 Å². The third-order valence-corrected chi connectivity index (χ3v) is 2.71. The summed E-state index contributed by atoms with van der Waals surface area (Å²) in [6.45, 7) is 0.769. The fourth-order valence-corrected chi connectivity index (χ4v) is 1.71. The van der Waals surface area contributed by atoms with E-state index in [2.05, 4.69) is 20.6 Å². The number of hydrogen-bond donors (Lipinski definition) is 2. The molecule has 0 aliphatic heterocycles. The van der Waals surface area contributed by atoms with Gasteiger partial charge in [-0.25, -0.2) is 4.98 Å². The Hall–Kier alpha value is -1.62. The Kier molecular flexibility index (Phi) is 3.14. The molecule has 78 valence electrons. The maximum Gasteiger partial charge on any atom is 0.128 e. The molecule has 0 aliphatic carbocycles. The molecule has 0 bridgehead atoms. The number of rotatable bonds is 4. The lowest BCUT2D eigenvalue weighted by Crippen LogP contribution is -2.01. The highest BCUT2D eigenvalue weighted by Crippen LogP contribution is 2.11. The first-order valence-electron chi connectivity index (χ1n) is 4.64. The summed E-state index contributed by atoms with van der Waals surface area (Å²) in [6.07, 6.45) is 1.86. The average molecular weight is 220 g/mol. The van der Waals surface area contributed by atoms with E-state index in [1.807, 2.05) is 37.0 Å². The van der Waals surface area contributed by atoms with Crippen molar-refractivity contribution in [3.05, 3.63) is 34.8 Å². The second kappa shape index (κ2) is 4.75. The summed E-state index contributed by atoms with van der Waals surface area (Å²) < 4.78 is 0. The number of pyridine rings is 1. The fourth-order valence-electron chi connectivity index (χ4n) is 1.18. The summed E-state index contributed by atoms with van der Waals surface area (Å²) in [7, 11) is 1.86. The number of hydrogen-bond acceptors (Lipinski definition) is 5. The minimum absolute atomic E-state index is 0.769. The van der Waals surface area contributed by atoms with E-state index in [1.165, 1.54) is 4.88 Å². The van der Waals surface area contributed by atoms with Crippen LogP contribution in [-0.2, 0) is 6.54 Å². The normalized spacial score (nSPS) is 9.93. The van der Waals surface area contributed by atoms with Gasteiger partial charge in [0.2, 0.25) is 0 Å². The highest BCUT2D eigenvalue weighted by atomic mass is 32.1. The van der Waals surface area contributed by atoms with E-state index in [1.54, 1.807) is 11.3 Å². The van der Waals surface area contributed by atoms with E-state index in [0.717, 1.165) is 18.2 Å². The average Bonchev–Trinajstić information content (AvgIpc) is 2.79. The van der Waals surface area contributed by atoms with Crippen molar-refractivity contribution in [1.82, 2.24) is 9.97 Å². The van der Waals surface area contributed by atoms with Gasteiger partial charge < -0.3 is 10.6 Å². The maximum atomic E-state index is 4.35. The van der Waals surface area contributed by atoms with Crippen molar-refractivity contribution >= 4 is 23.0 Å². The molecule has 0 aliphatic rings. The van der Waals surface area contributed by atoms with Crippen LogP contribution >= 0.6 is 11.3 Å². The zero-order valence-corrected chi connectivity index (χ0v) is 9.21. The van der Waals surface area contributed by atoms with Gasteiger partial charge in [-0.15, -0.1) is 11.3 Å². The Morgan fingerprint density at radius 2 is 2.20 bits per heavy atom. The lowest BCUT2D eigenvalue weighted by Gasteiger charge is -2.05. The summed E-state index contributed by atoms with van der Waals surface area (Å²) >= 11 is 1.64. The molecule has 0 spiro atoms. The predicted octanol–water partition coefficient (Wildman–Crippen LogP) is 2.19. The van der Waals surface area contributed by atoms with Crippen LogP contribution in [0.3, 0.4) is 0 Å². The summed E-state index contributed by atoms with van der Waals surface area (Å²) in [5.74, 6) is 1.74. The Balaban J connectivity index is 1.98. The smallest absolute Gasteiger partial charge is 0.128 e. The Labute approximate surface area is 92.4 Å². The first-order valence-corrected chi connectivity index (χ1v) is 5.52. The molecule has 0 unspecified atom stereocenters. The Morgan fingerprint density at radius 3 is 2.93 bits per heavy atom. The molecular formula is C10H12N4S. The number of anilines is 2. The first-order chi connectivity index (χ1) is 7.38. The highest BCUT2D eigenvalue weighted by Gasteiger charge is 1.97. The number of nitrogens with one attached hydrogen (secondary N) is 2. The molecule has 2 rings (SSSR count). The van der Waals surface area contributed by atoms with Gasteiger partial charge >= 0.3 is 0 Å². The fraction of sp³-hybridized carbons (Fsp3) is 0.200. The van der Waals surface area contributed by atoms with E-state index in [9.17, 15) is 0 Å². The van der Waals surface area contributed by atoms with Gasteiger partial charge in [0.15, 0.2) is 0 Å². The van der Waals surface area contributed by atoms with Crippen LogP contribution in [0.1, 0.15) is 4.88 Å². The summed E-state index contributed by atoms with van der Waals surface area (Å²) in [6, 6.07) is 5.84. The van der Waals surface area contributed by atoms with E-state index in [4.69, 9.17) is 0 Å². The molecule has 15 heavy (non-hydrogen) atoms. The second-order valence-corrected chi connectivity index (χ2v) is 3.95. The molecule has 0 atom stereocenters. The van der Waals surface area contributed by atoms with E-state index in [-0.39, 0.29) is 0 Å². The molecule has 2 aromatic rings. The van der Waals surface area contributed by atoms with E-state index in [0.29, 0.717) is 0 Å². The van der Waals surface area contributed by atoms with Gasteiger partial charge in [0.05, 0.1) is 12.1 Å². The largest absolute Gasteiger partial charge is 0.373 e. The molecule has 0 saturated heterocycles. The lowest BCUT2D eigenvalue weighted by molar-refractivity contribution is 1.13. The minimum Gasteiger partial charge on any atom is -0.373 e. The van der Waals surface area contributed by atoms with E-state index >= 15 is 0 Å². The van der Waals surface area contributed by atoms with Gasteiger partial charge in [0, 0.05) is 18.1 Å². The lowest BCUT2D eigenvalue weighted by atomic mass is 10.4. The number of nitrogens with zero attached hydrogens (tertiary/aromatic N) is 2. The van der Waals surface area contributed by atoms with Gasteiger partial charge in [0.25, 0.3) is 0 Å². The van der Waals surface area contributed by atoms with Crippen LogP contribution in [0.2, 0.25) is 0 Å². The first kappa shape index (κ1) is 9.92. The van der Waals surface area contributed by atoms with Gasteiger partial charge in [-0.3, -0.25) is 4.98 Å². The monoisotopic (exact) mass is 220 g/mol. The Morgan fingerprint density at radius 1 is 1.33 bits per heavy atom. The van der Waals surface area contributed by atoms with E-state index < -0.39 is 0 Å². The molecule has 2 N–H and O–H groups in total. The highest BCUT2D eigenvalue weighted by molar-refractivity contribution is 7.09. The van der Waals surface area contributed by atoms with Crippen molar-refractivity contribution in [2.24, 2.45) is 0 Å². The molecule has 2 aromatic heterocycles. The quantitative estimate of drug-likeness (QED) is 0.829.